The molecule has 10 nitrogen and oxygen atoms in total. The number of hydrogen-bond donors (Lipinski definition) is 0. The van der Waals surface area contributed by atoms with Gasteiger partial charge >= 0.3 is 11.9 Å². The fraction of sp³-hybridized carbons (Fsp3) is 0.583. The molecule has 1 fully saturated rings. The molecule has 4 atom stereocenters. The van der Waals surface area contributed by atoms with Crippen LogP contribution in [0.1, 0.15) is 117 Å². The topological polar surface area (TPSA) is 124 Å². The lowest BCUT2D eigenvalue weighted by Crippen LogP contribution is -2.37. The monoisotopic (exact) mass is 842 g/mol. The maximum absolute atomic E-state index is 12.7. The van der Waals surface area contributed by atoms with Gasteiger partial charge in [0, 0.05) is 12.8 Å². The van der Waals surface area contributed by atoms with E-state index in [2.05, 4.69) is 111 Å². The number of unbranched alkanes of at least 4 members (excludes halogenated alkanes) is 2. The quantitative estimate of drug-likeness (QED) is 0.0151. The van der Waals surface area contributed by atoms with Crippen molar-refractivity contribution in [1.29, 1.82) is 0 Å². The molecule has 59 heavy (non-hydrogen) atoms. The lowest BCUT2D eigenvalue weighted by molar-refractivity contribution is -0.870. The highest BCUT2D eigenvalue weighted by Crippen LogP contribution is 2.38. The van der Waals surface area contributed by atoms with Gasteiger partial charge in [0.1, 0.15) is 19.8 Å². The maximum atomic E-state index is 12.7. The average Bonchev–Trinajstić information content (AvgIpc) is 3.94. The first-order chi connectivity index (χ1) is 28.5. The summed E-state index contributed by atoms with van der Waals surface area (Å²) < 4.78 is 39.4. The number of quaternary nitrogens is 1. The summed E-state index contributed by atoms with van der Waals surface area (Å²) in [7, 11) is 1.07. The Balaban J connectivity index is 2.38. The molecule has 0 N–H and O–H groups in total. The summed E-state index contributed by atoms with van der Waals surface area (Å²) in [5.74, 6) is -1.00. The van der Waals surface area contributed by atoms with Crippen molar-refractivity contribution in [3.05, 3.63) is 109 Å². The van der Waals surface area contributed by atoms with E-state index in [-0.39, 0.29) is 26.1 Å². The number of hydrogen-bond acceptors (Lipinski definition) is 9. The molecule has 332 valence electrons. The first-order valence-electron chi connectivity index (χ1n) is 21.7. The van der Waals surface area contributed by atoms with Gasteiger partial charge in [-0.2, -0.15) is 0 Å². The van der Waals surface area contributed by atoms with Crippen molar-refractivity contribution in [2.45, 2.75) is 135 Å². The lowest BCUT2D eigenvalue weighted by Gasteiger charge is -2.28. The van der Waals surface area contributed by atoms with Crippen molar-refractivity contribution in [2.24, 2.45) is 0 Å². The molecule has 1 aliphatic heterocycles. The zero-order chi connectivity index (χ0) is 43.3. The van der Waals surface area contributed by atoms with Crippen LogP contribution in [0.3, 0.4) is 0 Å². The summed E-state index contributed by atoms with van der Waals surface area (Å²) in [4.78, 5) is 37.5. The van der Waals surface area contributed by atoms with Crippen molar-refractivity contribution in [3.63, 3.8) is 0 Å². The second kappa shape index (κ2) is 35.4. The third-order valence-electron chi connectivity index (χ3n) is 8.70. The highest BCUT2D eigenvalue weighted by atomic mass is 31.2. The van der Waals surface area contributed by atoms with Gasteiger partial charge in [-0.05, 0) is 89.9 Å². The van der Waals surface area contributed by atoms with Crippen LogP contribution in [-0.2, 0) is 37.4 Å². The molecule has 0 radical (unpaired) electrons. The van der Waals surface area contributed by atoms with E-state index in [9.17, 15) is 19.0 Å². The average molecular weight is 842 g/mol. The number of phosphoric acid groups is 1. The van der Waals surface area contributed by atoms with Gasteiger partial charge in [0.2, 0.25) is 0 Å². The highest BCUT2D eigenvalue weighted by Gasteiger charge is 2.35. The Morgan fingerprint density at radius 2 is 1.08 bits per heavy atom. The van der Waals surface area contributed by atoms with Crippen molar-refractivity contribution in [3.8, 4) is 0 Å². The Hall–Kier alpha value is -3.37. The van der Waals surface area contributed by atoms with Crippen LogP contribution in [-0.4, -0.2) is 82.2 Å². The molecule has 3 unspecified atom stereocenters. The van der Waals surface area contributed by atoms with E-state index in [1.165, 1.54) is 0 Å². The normalized spacial score (nSPS) is 18.1. The number of ether oxygens (including phenoxy) is 3. The number of carbonyl (C=O) groups excluding carboxylic acids is 2. The summed E-state index contributed by atoms with van der Waals surface area (Å²) in [5.41, 5.74) is 0. The van der Waals surface area contributed by atoms with Gasteiger partial charge in [0.05, 0.1) is 40.0 Å². The fourth-order valence-corrected chi connectivity index (χ4v) is 5.97. The number of carbonyl (C=O) groups is 2. The standard InChI is InChI=1S/C48H76NO9P/c1-6-8-10-11-12-13-14-15-16-17-21-24-27-30-34-38-47(50)54-42-44(43-56-59(52,53)55-41-40-49(3,4)5)57-48(51)39-35-31-28-25-22-19-18-20-23-26-29-33-37-46-45(58-46)36-32-9-7-2/h8-10,12-13,15-16,19-24,28-29,31-33,44-46H,6-7,11,14,17-18,25-27,30,34-43H2,1-5H3/b10-8-,13-12-,16-15-,22-19-,23-20-,24-21-,31-28-,32-9-,33-29-/t44-,45?,46?/m1/s1. The third-order valence-corrected chi connectivity index (χ3v) is 9.67. The van der Waals surface area contributed by atoms with Crippen molar-refractivity contribution in [1.82, 2.24) is 0 Å². The summed E-state index contributed by atoms with van der Waals surface area (Å²) >= 11 is 0. The molecule has 0 spiro atoms. The largest absolute Gasteiger partial charge is 0.756 e. The van der Waals surface area contributed by atoms with Gasteiger partial charge in [0.25, 0.3) is 7.82 Å². The Morgan fingerprint density at radius 3 is 1.63 bits per heavy atom. The summed E-state index contributed by atoms with van der Waals surface area (Å²) in [5, 5.41) is 0. The van der Waals surface area contributed by atoms with Crippen LogP contribution in [0.25, 0.3) is 0 Å². The van der Waals surface area contributed by atoms with Crippen LogP contribution < -0.4 is 4.89 Å². The van der Waals surface area contributed by atoms with Gasteiger partial charge < -0.3 is 32.6 Å². The van der Waals surface area contributed by atoms with Gasteiger partial charge in [-0.25, -0.2) is 0 Å². The molecule has 11 heteroatoms. The highest BCUT2D eigenvalue weighted by molar-refractivity contribution is 7.45. The minimum Gasteiger partial charge on any atom is -0.756 e. The van der Waals surface area contributed by atoms with Crippen molar-refractivity contribution >= 4 is 19.8 Å². The molecule has 0 aromatic carbocycles. The first kappa shape index (κ1) is 53.6. The number of epoxide rings is 1. The maximum Gasteiger partial charge on any atom is 0.306 e. The molecule has 0 aliphatic carbocycles. The van der Waals surface area contributed by atoms with Gasteiger partial charge in [-0.15, -0.1) is 0 Å². The second-order valence-electron chi connectivity index (χ2n) is 15.3. The van der Waals surface area contributed by atoms with E-state index in [4.69, 9.17) is 23.3 Å². The zero-order valence-electron chi connectivity index (χ0n) is 36.8. The molecule has 0 bridgehead atoms. The van der Waals surface area contributed by atoms with E-state index in [0.717, 1.165) is 77.0 Å². The van der Waals surface area contributed by atoms with Crippen LogP contribution in [0.4, 0.5) is 0 Å². The minimum atomic E-state index is -4.67. The summed E-state index contributed by atoms with van der Waals surface area (Å²) in [6.07, 6.45) is 50.4. The molecule has 1 rings (SSSR count). The molecule has 1 saturated heterocycles. The van der Waals surface area contributed by atoms with E-state index in [0.29, 0.717) is 36.1 Å². The Bertz CT molecular complexity index is 1430. The van der Waals surface area contributed by atoms with E-state index in [1.807, 2.05) is 33.3 Å². The predicted octanol–water partition coefficient (Wildman–Crippen LogP) is 10.7. The fourth-order valence-electron chi connectivity index (χ4n) is 5.24. The van der Waals surface area contributed by atoms with Gasteiger partial charge in [-0.3, -0.25) is 14.2 Å². The Kier molecular flexibility index (Phi) is 32.2. The number of rotatable bonds is 36. The third kappa shape index (κ3) is 36.2. The van der Waals surface area contributed by atoms with Crippen LogP contribution in [0, 0.1) is 0 Å². The number of allylic oxidation sites excluding steroid dienone is 16. The molecule has 0 saturated carbocycles. The van der Waals surface area contributed by atoms with Crippen LogP contribution >= 0.6 is 7.82 Å². The van der Waals surface area contributed by atoms with Crippen molar-refractivity contribution in [2.75, 3.05) is 47.5 Å². The van der Waals surface area contributed by atoms with E-state index >= 15 is 0 Å². The van der Waals surface area contributed by atoms with Crippen LogP contribution in [0.2, 0.25) is 0 Å². The van der Waals surface area contributed by atoms with Crippen LogP contribution in [0.15, 0.2) is 109 Å². The Morgan fingerprint density at radius 1 is 0.610 bits per heavy atom. The van der Waals surface area contributed by atoms with E-state index in [1.54, 1.807) is 0 Å². The minimum absolute atomic E-state index is 0.0600. The molecular weight excluding hydrogens is 765 g/mol. The molecular formula is C48H76NO9P. The Labute approximate surface area is 357 Å². The number of nitrogens with zero attached hydrogens (tertiary/aromatic N) is 1. The number of likely N-dealkylation sites (N-methyl/N-ethyl adjacent to an activating group) is 1. The second-order valence-corrected chi connectivity index (χ2v) is 16.7. The predicted molar refractivity (Wildman–Crippen MR) is 239 cm³/mol. The smallest absolute Gasteiger partial charge is 0.306 e. The van der Waals surface area contributed by atoms with Crippen LogP contribution in [0.5, 0.6) is 0 Å². The molecule has 1 heterocycles. The first-order valence-corrected chi connectivity index (χ1v) is 23.2. The lowest BCUT2D eigenvalue weighted by atomic mass is 10.1. The number of esters is 2. The molecule has 0 amide bonds. The van der Waals surface area contributed by atoms with Gasteiger partial charge in [-0.1, -0.05) is 123 Å². The summed E-state index contributed by atoms with van der Waals surface area (Å²) in [6, 6.07) is 0. The van der Waals surface area contributed by atoms with Gasteiger partial charge in [0.15, 0.2) is 6.10 Å². The summed E-state index contributed by atoms with van der Waals surface area (Å²) in [6.45, 7) is 3.81. The SMILES string of the molecule is CC/C=C\C/C=C\C/C=C\C/C=C\CCCCC(=O)OC[C@H](COP(=O)([O-])OCC[N+](C)(C)C)OC(=O)CC/C=C\C/C=C\C/C=C\C/C=C\CC1OC1C/C=C\CC. The number of phosphoric ester groups is 1. The zero-order valence-corrected chi connectivity index (χ0v) is 37.7. The van der Waals surface area contributed by atoms with E-state index < -0.39 is 32.5 Å². The molecule has 0 aromatic rings. The molecule has 0 aromatic heterocycles. The molecule has 1 aliphatic rings. The van der Waals surface area contributed by atoms with Crippen molar-refractivity contribution < 1.29 is 46.8 Å².